The third-order valence-electron chi connectivity index (χ3n) is 5.88. The number of ether oxygens (including phenoxy) is 3. The maximum Gasteiger partial charge on any atom is 0.407 e. The van der Waals surface area contributed by atoms with Gasteiger partial charge in [-0.3, -0.25) is 0 Å². The average Bonchev–Trinajstić information content (AvgIpc) is 3.10. The Kier molecular flexibility index (Phi) is 4.53. The van der Waals surface area contributed by atoms with Crippen molar-refractivity contribution >= 4 is 23.1 Å². The van der Waals surface area contributed by atoms with Crippen LogP contribution in [-0.2, 0) is 17.8 Å². The summed E-state index contributed by atoms with van der Waals surface area (Å²) >= 11 is 0. The van der Waals surface area contributed by atoms with Crippen molar-refractivity contribution in [2.75, 3.05) is 19.1 Å². The Morgan fingerprint density at radius 2 is 2.13 bits per heavy atom. The maximum atomic E-state index is 12.1. The fourth-order valence-corrected chi connectivity index (χ4v) is 3.92. The number of hydrogen-bond acceptors (Lipinski definition) is 8. The number of alkyl carbamates (subject to hydrolysis) is 1. The highest BCUT2D eigenvalue weighted by Crippen LogP contribution is 2.47. The fraction of sp³-hybridized carbons (Fsp3) is 0.400. The highest BCUT2D eigenvalue weighted by atomic mass is 16.7. The van der Waals surface area contributed by atoms with Gasteiger partial charge in [0.15, 0.2) is 23.0 Å². The molecule has 10 heteroatoms. The second kappa shape index (κ2) is 7.36. The standard InChI is InChI=1S/C20H22N6O4/c1-11-13(6-26-9-25-17-18(21)23-8-24-19(17)26)14(11)7-28-20(27)22-5-12-2-3-15-16(4-12)30-10-29-15/h2-4,8-9,11,13-14H,5-7,10H2,1H3,(H,22,27)(H2,21,23,24). The molecule has 3 N–H and O–H groups in total. The molecule has 3 aromatic rings. The largest absolute Gasteiger partial charge is 0.454 e. The summed E-state index contributed by atoms with van der Waals surface area (Å²) in [6, 6.07) is 5.57. The second-order valence-electron chi connectivity index (χ2n) is 7.65. The lowest BCUT2D eigenvalue weighted by molar-refractivity contribution is 0.137. The molecule has 1 saturated carbocycles. The molecule has 156 valence electrons. The Hall–Kier alpha value is -3.56. The molecule has 1 aliphatic carbocycles. The maximum absolute atomic E-state index is 12.1. The van der Waals surface area contributed by atoms with E-state index in [-0.39, 0.29) is 6.79 Å². The summed E-state index contributed by atoms with van der Waals surface area (Å²) in [7, 11) is 0. The molecule has 30 heavy (non-hydrogen) atoms. The Bertz CT molecular complexity index is 1100. The smallest absolute Gasteiger partial charge is 0.407 e. The molecule has 2 aromatic heterocycles. The van der Waals surface area contributed by atoms with Crippen molar-refractivity contribution in [1.82, 2.24) is 24.8 Å². The van der Waals surface area contributed by atoms with Crippen LogP contribution in [0.1, 0.15) is 12.5 Å². The van der Waals surface area contributed by atoms with E-state index in [9.17, 15) is 4.79 Å². The van der Waals surface area contributed by atoms with Crippen LogP contribution < -0.4 is 20.5 Å². The van der Waals surface area contributed by atoms with Crippen molar-refractivity contribution in [3.05, 3.63) is 36.4 Å². The number of anilines is 1. The zero-order valence-corrected chi connectivity index (χ0v) is 16.4. The zero-order chi connectivity index (χ0) is 20.7. The molecule has 3 heterocycles. The van der Waals surface area contributed by atoms with E-state index in [0.717, 1.165) is 23.5 Å². The van der Waals surface area contributed by atoms with Crippen LogP contribution in [0.2, 0.25) is 0 Å². The van der Waals surface area contributed by atoms with Gasteiger partial charge in [-0.05, 0) is 29.5 Å². The van der Waals surface area contributed by atoms with Crippen molar-refractivity contribution in [1.29, 1.82) is 0 Å². The SMILES string of the molecule is CC1C(COC(=O)NCc2ccc3c(c2)OCO3)C1Cn1cnc2c(N)ncnc21. The first-order valence-corrected chi connectivity index (χ1v) is 9.80. The minimum Gasteiger partial charge on any atom is -0.454 e. The van der Waals surface area contributed by atoms with Crippen molar-refractivity contribution in [3.63, 3.8) is 0 Å². The van der Waals surface area contributed by atoms with Gasteiger partial charge in [-0.15, -0.1) is 0 Å². The highest BCUT2D eigenvalue weighted by molar-refractivity contribution is 5.81. The lowest BCUT2D eigenvalue weighted by Gasteiger charge is -2.08. The Morgan fingerprint density at radius 3 is 3.03 bits per heavy atom. The first kappa shape index (κ1) is 18.5. The predicted octanol–water partition coefficient (Wildman–Crippen LogP) is 1.95. The van der Waals surface area contributed by atoms with Gasteiger partial charge in [0.1, 0.15) is 11.8 Å². The number of nitrogens with two attached hydrogens (primary N) is 1. The second-order valence-corrected chi connectivity index (χ2v) is 7.65. The number of fused-ring (bicyclic) bond motifs is 2. The number of imidazole rings is 1. The Labute approximate surface area is 172 Å². The quantitative estimate of drug-likeness (QED) is 0.631. The molecular formula is C20H22N6O4. The van der Waals surface area contributed by atoms with Gasteiger partial charge in [0.2, 0.25) is 6.79 Å². The van der Waals surface area contributed by atoms with Gasteiger partial charge >= 0.3 is 6.09 Å². The van der Waals surface area contributed by atoms with Crippen molar-refractivity contribution in [2.45, 2.75) is 20.0 Å². The minimum absolute atomic E-state index is 0.226. The van der Waals surface area contributed by atoms with Crippen LogP contribution in [0.15, 0.2) is 30.9 Å². The molecule has 0 spiro atoms. The molecule has 3 unspecified atom stereocenters. The molecule has 5 rings (SSSR count). The van der Waals surface area contributed by atoms with Crippen LogP contribution in [0.25, 0.3) is 11.2 Å². The van der Waals surface area contributed by atoms with Crippen molar-refractivity contribution in [2.24, 2.45) is 17.8 Å². The summed E-state index contributed by atoms with van der Waals surface area (Å²) in [4.78, 5) is 24.6. The number of benzene rings is 1. The molecule has 0 bridgehead atoms. The van der Waals surface area contributed by atoms with E-state index in [2.05, 4.69) is 27.2 Å². The molecule has 1 aromatic carbocycles. The lowest BCUT2D eigenvalue weighted by atomic mass is 10.2. The Balaban J connectivity index is 1.11. The highest BCUT2D eigenvalue weighted by Gasteiger charge is 2.47. The van der Waals surface area contributed by atoms with Gasteiger partial charge in [0.25, 0.3) is 0 Å². The summed E-state index contributed by atoms with van der Waals surface area (Å²) in [6.45, 7) is 3.88. The number of carbonyl (C=O) groups excluding carboxylic acids is 1. The molecule has 10 nitrogen and oxygen atoms in total. The predicted molar refractivity (Wildman–Crippen MR) is 107 cm³/mol. The van der Waals surface area contributed by atoms with E-state index in [1.807, 2.05) is 22.8 Å². The van der Waals surface area contributed by atoms with Gasteiger partial charge in [-0.1, -0.05) is 13.0 Å². The molecule has 1 fully saturated rings. The fourth-order valence-electron chi connectivity index (χ4n) is 3.92. The summed E-state index contributed by atoms with van der Waals surface area (Å²) in [5, 5.41) is 2.78. The van der Waals surface area contributed by atoms with E-state index < -0.39 is 6.09 Å². The van der Waals surface area contributed by atoms with Crippen LogP contribution >= 0.6 is 0 Å². The van der Waals surface area contributed by atoms with E-state index in [0.29, 0.717) is 48.0 Å². The number of carbonyl (C=O) groups is 1. The van der Waals surface area contributed by atoms with Crippen LogP contribution in [0, 0.1) is 17.8 Å². The summed E-state index contributed by atoms with van der Waals surface area (Å²) in [6.07, 6.45) is 2.74. The molecule has 1 aliphatic heterocycles. The summed E-state index contributed by atoms with van der Waals surface area (Å²) < 4.78 is 18.0. The van der Waals surface area contributed by atoms with Crippen LogP contribution in [0.4, 0.5) is 10.6 Å². The monoisotopic (exact) mass is 410 g/mol. The Morgan fingerprint density at radius 1 is 1.27 bits per heavy atom. The number of hydrogen-bond donors (Lipinski definition) is 2. The number of nitrogen functional groups attached to an aromatic ring is 1. The zero-order valence-electron chi connectivity index (χ0n) is 16.4. The minimum atomic E-state index is -0.431. The van der Waals surface area contributed by atoms with Gasteiger partial charge in [0.05, 0.1) is 12.9 Å². The summed E-state index contributed by atoms with van der Waals surface area (Å²) in [5.41, 5.74) is 8.10. The van der Waals surface area contributed by atoms with E-state index in [1.54, 1.807) is 6.33 Å². The van der Waals surface area contributed by atoms with Gasteiger partial charge < -0.3 is 29.8 Å². The van der Waals surface area contributed by atoms with Crippen molar-refractivity contribution < 1.29 is 19.0 Å². The van der Waals surface area contributed by atoms with Crippen LogP contribution in [0.3, 0.4) is 0 Å². The molecule has 0 saturated heterocycles. The lowest BCUT2D eigenvalue weighted by Crippen LogP contribution is -2.24. The first-order chi connectivity index (χ1) is 14.6. The molecule has 0 radical (unpaired) electrons. The van der Waals surface area contributed by atoms with Gasteiger partial charge in [-0.2, -0.15) is 0 Å². The topological polar surface area (TPSA) is 126 Å². The molecule has 2 aliphatic rings. The number of amides is 1. The number of aromatic nitrogens is 4. The molecule has 1 amide bonds. The van der Waals surface area contributed by atoms with Crippen LogP contribution in [-0.4, -0.2) is 39.0 Å². The summed E-state index contributed by atoms with van der Waals surface area (Å²) in [5.74, 6) is 2.93. The third kappa shape index (κ3) is 3.44. The van der Waals surface area contributed by atoms with E-state index in [1.165, 1.54) is 6.33 Å². The normalized spacial score (nSPS) is 21.6. The van der Waals surface area contributed by atoms with E-state index in [4.69, 9.17) is 19.9 Å². The van der Waals surface area contributed by atoms with Gasteiger partial charge in [0, 0.05) is 19.0 Å². The number of nitrogens with one attached hydrogen (secondary N) is 1. The van der Waals surface area contributed by atoms with Gasteiger partial charge in [-0.25, -0.2) is 19.7 Å². The molecule has 3 atom stereocenters. The van der Waals surface area contributed by atoms with Crippen LogP contribution in [0.5, 0.6) is 11.5 Å². The first-order valence-electron chi connectivity index (χ1n) is 9.80. The number of rotatable bonds is 6. The number of nitrogens with zero attached hydrogens (tertiary/aromatic N) is 4. The van der Waals surface area contributed by atoms with E-state index >= 15 is 0 Å². The average molecular weight is 410 g/mol. The van der Waals surface area contributed by atoms with Crippen molar-refractivity contribution in [3.8, 4) is 11.5 Å². The molecular weight excluding hydrogens is 388 g/mol. The third-order valence-corrected chi connectivity index (χ3v) is 5.88.